The molecule has 8 nitrogen and oxygen atoms in total. The SMILES string of the molecule is COc1cc(OC)c(/C(O)=C2\C(=O)C(=O)N(c3ccc(C(=O)OC(C)C)cc3)C2c2cccc(C)c2)cc1Cl. The van der Waals surface area contributed by atoms with Crippen LogP contribution in [0.3, 0.4) is 0 Å². The summed E-state index contributed by atoms with van der Waals surface area (Å²) >= 11 is 6.33. The van der Waals surface area contributed by atoms with Crippen LogP contribution in [0, 0.1) is 6.92 Å². The third kappa shape index (κ3) is 5.33. The Morgan fingerprint density at radius 1 is 0.974 bits per heavy atom. The molecule has 1 heterocycles. The second-order valence-electron chi connectivity index (χ2n) is 9.27. The van der Waals surface area contributed by atoms with Crippen molar-refractivity contribution in [3.63, 3.8) is 0 Å². The van der Waals surface area contributed by atoms with Crippen LogP contribution in [-0.2, 0) is 14.3 Å². The lowest BCUT2D eigenvalue weighted by molar-refractivity contribution is -0.132. The largest absolute Gasteiger partial charge is 0.507 e. The van der Waals surface area contributed by atoms with Gasteiger partial charge < -0.3 is 19.3 Å². The molecule has 1 atom stereocenters. The van der Waals surface area contributed by atoms with Crippen molar-refractivity contribution in [1.82, 2.24) is 0 Å². The minimum Gasteiger partial charge on any atom is -0.507 e. The minimum atomic E-state index is -0.969. The van der Waals surface area contributed by atoms with E-state index in [0.29, 0.717) is 22.6 Å². The van der Waals surface area contributed by atoms with Crippen LogP contribution < -0.4 is 14.4 Å². The Morgan fingerprint density at radius 2 is 1.64 bits per heavy atom. The van der Waals surface area contributed by atoms with Crippen LogP contribution in [0.5, 0.6) is 11.5 Å². The van der Waals surface area contributed by atoms with Crippen molar-refractivity contribution >= 4 is 40.7 Å². The second kappa shape index (κ2) is 11.2. The number of rotatable bonds is 7. The molecule has 0 spiro atoms. The average Bonchev–Trinajstić information content (AvgIpc) is 3.18. The summed E-state index contributed by atoms with van der Waals surface area (Å²) in [5.74, 6) is -2.14. The van der Waals surface area contributed by atoms with Gasteiger partial charge in [-0.15, -0.1) is 0 Å². The molecule has 4 rings (SSSR count). The summed E-state index contributed by atoms with van der Waals surface area (Å²) in [6, 6.07) is 15.4. The predicted octanol–water partition coefficient (Wildman–Crippen LogP) is 5.86. The lowest BCUT2D eigenvalue weighted by Gasteiger charge is -2.26. The number of anilines is 1. The van der Waals surface area contributed by atoms with E-state index in [4.69, 9.17) is 25.8 Å². The van der Waals surface area contributed by atoms with Crippen molar-refractivity contribution in [1.29, 1.82) is 0 Å². The zero-order chi connectivity index (χ0) is 28.4. The van der Waals surface area contributed by atoms with Gasteiger partial charge in [-0.1, -0.05) is 41.4 Å². The van der Waals surface area contributed by atoms with Crippen molar-refractivity contribution in [2.75, 3.05) is 19.1 Å². The number of carbonyl (C=O) groups is 3. The van der Waals surface area contributed by atoms with E-state index in [-0.39, 0.29) is 28.0 Å². The number of ketones is 1. The Kier molecular flexibility index (Phi) is 7.97. The quantitative estimate of drug-likeness (QED) is 0.170. The molecule has 1 unspecified atom stereocenters. The van der Waals surface area contributed by atoms with Gasteiger partial charge in [-0.25, -0.2) is 4.79 Å². The smallest absolute Gasteiger partial charge is 0.338 e. The van der Waals surface area contributed by atoms with Crippen LogP contribution in [0.15, 0.2) is 66.2 Å². The molecule has 0 bridgehead atoms. The van der Waals surface area contributed by atoms with Crippen molar-refractivity contribution in [3.8, 4) is 11.5 Å². The van der Waals surface area contributed by atoms with E-state index >= 15 is 0 Å². The Balaban J connectivity index is 1.90. The molecular weight excluding hydrogens is 522 g/mol. The molecule has 1 saturated heterocycles. The summed E-state index contributed by atoms with van der Waals surface area (Å²) in [5.41, 5.74) is 2.17. The Labute approximate surface area is 231 Å². The number of halogens is 1. The van der Waals surface area contributed by atoms with Crippen LogP contribution in [0.25, 0.3) is 5.76 Å². The maximum atomic E-state index is 13.5. The minimum absolute atomic E-state index is 0.130. The monoisotopic (exact) mass is 549 g/mol. The normalized spacial score (nSPS) is 16.5. The van der Waals surface area contributed by atoms with Gasteiger partial charge in [0.05, 0.1) is 48.1 Å². The van der Waals surface area contributed by atoms with Crippen molar-refractivity contribution in [2.45, 2.75) is 32.9 Å². The van der Waals surface area contributed by atoms with Gasteiger partial charge in [0, 0.05) is 11.8 Å². The third-order valence-electron chi connectivity index (χ3n) is 6.26. The number of amides is 1. The zero-order valence-electron chi connectivity index (χ0n) is 22.2. The Hall–Kier alpha value is -4.30. The summed E-state index contributed by atoms with van der Waals surface area (Å²) < 4.78 is 15.9. The second-order valence-corrected chi connectivity index (χ2v) is 9.68. The number of hydrogen-bond donors (Lipinski definition) is 1. The van der Waals surface area contributed by atoms with Crippen LogP contribution in [0.1, 0.15) is 46.9 Å². The van der Waals surface area contributed by atoms with Crippen LogP contribution >= 0.6 is 11.6 Å². The first-order valence-electron chi connectivity index (χ1n) is 12.2. The highest BCUT2D eigenvalue weighted by Crippen LogP contribution is 2.44. The molecule has 3 aromatic rings. The number of aryl methyl sites for hydroxylation is 1. The molecular formula is C30H28ClNO7. The van der Waals surface area contributed by atoms with E-state index in [2.05, 4.69) is 0 Å². The number of aliphatic hydroxyl groups is 1. The van der Waals surface area contributed by atoms with E-state index in [1.54, 1.807) is 38.1 Å². The molecule has 1 amide bonds. The van der Waals surface area contributed by atoms with Gasteiger partial charge in [0.1, 0.15) is 17.3 Å². The maximum Gasteiger partial charge on any atom is 0.338 e. The summed E-state index contributed by atoms with van der Waals surface area (Å²) in [6.07, 6.45) is -0.292. The number of carbonyl (C=O) groups excluding carboxylic acids is 3. The number of nitrogens with zero attached hydrogens (tertiary/aromatic N) is 1. The van der Waals surface area contributed by atoms with Crippen molar-refractivity contribution in [2.24, 2.45) is 0 Å². The number of benzene rings is 3. The van der Waals surface area contributed by atoms with Crippen LogP contribution in [0.2, 0.25) is 5.02 Å². The molecule has 0 aromatic heterocycles. The molecule has 9 heteroatoms. The predicted molar refractivity (Wildman–Crippen MR) is 148 cm³/mol. The van der Waals surface area contributed by atoms with Crippen molar-refractivity contribution in [3.05, 3.63) is 93.5 Å². The standard InChI is InChI=1S/C30H28ClNO7/c1-16(2)39-30(36)18-9-11-20(12-10-18)32-26(19-8-6-7-17(3)13-19)25(28(34)29(32)35)27(33)21-14-22(31)24(38-5)15-23(21)37-4/h6-16,26,33H,1-5H3/b27-25+. The summed E-state index contributed by atoms with van der Waals surface area (Å²) in [7, 11) is 2.85. The van der Waals surface area contributed by atoms with E-state index < -0.39 is 29.5 Å². The fourth-order valence-corrected chi connectivity index (χ4v) is 4.73. The van der Waals surface area contributed by atoms with E-state index in [1.807, 2.05) is 19.1 Å². The summed E-state index contributed by atoms with van der Waals surface area (Å²) in [4.78, 5) is 40.6. The first-order chi connectivity index (χ1) is 18.6. The lowest BCUT2D eigenvalue weighted by atomic mass is 9.94. The number of Topliss-reactive ketones (excluding diaryl/α,β-unsaturated/α-hetero) is 1. The summed E-state index contributed by atoms with van der Waals surface area (Å²) in [5, 5.41) is 11.7. The lowest BCUT2D eigenvalue weighted by Crippen LogP contribution is -2.29. The van der Waals surface area contributed by atoms with E-state index in [0.717, 1.165) is 5.56 Å². The number of hydrogen-bond acceptors (Lipinski definition) is 7. The highest BCUT2D eigenvalue weighted by molar-refractivity contribution is 6.51. The topological polar surface area (TPSA) is 102 Å². The molecule has 0 saturated carbocycles. The molecule has 1 fully saturated rings. The average molecular weight is 550 g/mol. The van der Waals surface area contributed by atoms with Gasteiger partial charge in [0.2, 0.25) is 0 Å². The molecule has 1 N–H and O–H groups in total. The van der Waals surface area contributed by atoms with Gasteiger partial charge in [0.15, 0.2) is 0 Å². The Bertz CT molecular complexity index is 1480. The van der Waals surface area contributed by atoms with E-state index in [9.17, 15) is 19.5 Å². The van der Waals surface area contributed by atoms with Gasteiger partial charge in [-0.05, 0) is 56.7 Å². The fraction of sp³-hybridized carbons (Fsp3) is 0.233. The van der Waals surface area contributed by atoms with Crippen LogP contribution in [-0.4, -0.2) is 43.1 Å². The van der Waals surface area contributed by atoms with Gasteiger partial charge in [0.25, 0.3) is 11.7 Å². The van der Waals surface area contributed by atoms with Gasteiger partial charge in [-0.3, -0.25) is 14.5 Å². The Morgan fingerprint density at radius 3 is 2.23 bits per heavy atom. The molecule has 39 heavy (non-hydrogen) atoms. The fourth-order valence-electron chi connectivity index (χ4n) is 4.48. The highest BCUT2D eigenvalue weighted by Gasteiger charge is 2.47. The number of esters is 1. The van der Waals surface area contributed by atoms with E-state index in [1.165, 1.54) is 43.4 Å². The third-order valence-corrected chi connectivity index (χ3v) is 6.55. The molecule has 1 aliphatic rings. The maximum absolute atomic E-state index is 13.5. The highest BCUT2D eigenvalue weighted by atomic mass is 35.5. The molecule has 3 aromatic carbocycles. The zero-order valence-corrected chi connectivity index (χ0v) is 22.9. The van der Waals surface area contributed by atoms with Gasteiger partial charge in [-0.2, -0.15) is 0 Å². The molecule has 0 aliphatic carbocycles. The van der Waals surface area contributed by atoms with Gasteiger partial charge >= 0.3 is 5.97 Å². The van der Waals surface area contributed by atoms with Crippen LogP contribution in [0.4, 0.5) is 5.69 Å². The molecule has 1 aliphatic heterocycles. The molecule has 0 radical (unpaired) electrons. The number of ether oxygens (including phenoxy) is 3. The number of aliphatic hydroxyl groups excluding tert-OH is 1. The first kappa shape index (κ1) is 27.7. The summed E-state index contributed by atoms with van der Waals surface area (Å²) in [6.45, 7) is 5.38. The van der Waals surface area contributed by atoms with Crippen molar-refractivity contribution < 1.29 is 33.7 Å². The number of methoxy groups -OCH3 is 2. The molecule has 202 valence electrons. The first-order valence-corrected chi connectivity index (χ1v) is 12.6.